The molecule has 0 aromatic heterocycles. The monoisotopic (exact) mass is 228 g/mol. The number of nitrogens with two attached hydrogens (primary N) is 1. The van der Waals surface area contributed by atoms with Crippen molar-refractivity contribution in [3.63, 3.8) is 0 Å². The lowest BCUT2D eigenvalue weighted by Gasteiger charge is -2.20. The third-order valence-electron chi connectivity index (χ3n) is 1.44. The molecule has 0 heterocycles. The average molecular weight is 228 g/mol. The average Bonchev–Trinajstić information content (AvgIpc) is 1.95. The van der Waals surface area contributed by atoms with Gasteiger partial charge in [0.2, 0.25) is 5.91 Å². The van der Waals surface area contributed by atoms with Crippen molar-refractivity contribution in [1.29, 1.82) is 0 Å². The minimum Gasteiger partial charge on any atom is -0.480 e. The molecule has 0 rings (SSSR count). The van der Waals surface area contributed by atoms with Crippen LogP contribution in [0, 0.1) is 0 Å². The van der Waals surface area contributed by atoms with Gasteiger partial charge in [0.05, 0.1) is 13.1 Å². The predicted molar refractivity (Wildman–Crippen MR) is 43.9 cm³/mol. The van der Waals surface area contributed by atoms with Crippen molar-refractivity contribution in [1.82, 2.24) is 4.90 Å². The molecule has 5 nitrogen and oxygen atoms in total. The number of hydrogen-bond donors (Lipinski definition) is 2. The molecule has 0 fully saturated rings. The van der Waals surface area contributed by atoms with Gasteiger partial charge in [0.1, 0.15) is 0 Å². The Bertz CT molecular complexity index is 242. The number of carboxylic acids is 1. The van der Waals surface area contributed by atoms with Crippen molar-refractivity contribution < 1.29 is 27.9 Å². The minimum absolute atomic E-state index is 0.302. The van der Waals surface area contributed by atoms with Crippen LogP contribution in [0.2, 0.25) is 0 Å². The Morgan fingerprint density at radius 3 is 2.20 bits per heavy atom. The molecule has 88 valence electrons. The zero-order valence-corrected chi connectivity index (χ0v) is 7.75. The second-order valence-corrected chi connectivity index (χ2v) is 2.94. The van der Waals surface area contributed by atoms with E-state index in [0.717, 1.165) is 0 Å². The van der Waals surface area contributed by atoms with Crippen molar-refractivity contribution in [2.45, 2.75) is 12.6 Å². The molecule has 0 aliphatic rings. The summed E-state index contributed by atoms with van der Waals surface area (Å²) in [4.78, 5) is 21.1. The summed E-state index contributed by atoms with van der Waals surface area (Å²) in [6.07, 6.45) is -4.80. The van der Waals surface area contributed by atoms with E-state index < -0.39 is 31.1 Å². The Balaban J connectivity index is 4.18. The number of hydrogen-bond acceptors (Lipinski definition) is 3. The second kappa shape index (κ2) is 5.54. The summed E-state index contributed by atoms with van der Waals surface area (Å²) in [5.74, 6) is -2.16. The van der Waals surface area contributed by atoms with Crippen molar-refractivity contribution in [2.75, 3.05) is 19.6 Å². The van der Waals surface area contributed by atoms with Gasteiger partial charge in [-0.2, -0.15) is 13.2 Å². The number of nitrogens with zero attached hydrogens (tertiary/aromatic N) is 1. The van der Waals surface area contributed by atoms with Gasteiger partial charge in [0, 0.05) is 13.0 Å². The predicted octanol–water partition coefficient (Wildman–Crippen LogP) is -0.189. The fourth-order valence-electron chi connectivity index (χ4n) is 0.927. The van der Waals surface area contributed by atoms with Crippen LogP contribution >= 0.6 is 0 Å². The molecule has 15 heavy (non-hydrogen) atoms. The third-order valence-corrected chi connectivity index (χ3v) is 1.44. The zero-order valence-electron chi connectivity index (χ0n) is 7.75. The first-order valence-electron chi connectivity index (χ1n) is 4.00. The van der Waals surface area contributed by atoms with Crippen molar-refractivity contribution >= 4 is 11.9 Å². The molecule has 3 N–H and O–H groups in total. The third kappa shape index (κ3) is 9.01. The molecule has 0 aromatic carbocycles. The number of aliphatic carboxylic acids is 1. The molecule has 0 aliphatic heterocycles. The molecule has 0 saturated heterocycles. The van der Waals surface area contributed by atoms with Gasteiger partial charge >= 0.3 is 12.1 Å². The summed E-state index contributed by atoms with van der Waals surface area (Å²) in [5.41, 5.74) is 4.74. The van der Waals surface area contributed by atoms with Crippen LogP contribution in [0.15, 0.2) is 0 Å². The number of amides is 1. The topological polar surface area (TPSA) is 83.6 Å². The van der Waals surface area contributed by atoms with Crippen LogP contribution in [0.25, 0.3) is 0 Å². The fourth-order valence-corrected chi connectivity index (χ4v) is 0.927. The van der Waals surface area contributed by atoms with E-state index in [9.17, 15) is 22.8 Å². The van der Waals surface area contributed by atoms with Crippen LogP contribution in [0.4, 0.5) is 13.2 Å². The van der Waals surface area contributed by atoms with E-state index in [1.165, 1.54) is 0 Å². The minimum atomic E-state index is -4.49. The summed E-state index contributed by atoms with van der Waals surface area (Å²) >= 11 is 0. The van der Waals surface area contributed by atoms with Gasteiger partial charge in [-0.3, -0.25) is 14.5 Å². The highest BCUT2D eigenvalue weighted by molar-refractivity contribution is 5.74. The van der Waals surface area contributed by atoms with Crippen LogP contribution in [0.5, 0.6) is 0 Å². The lowest BCUT2D eigenvalue weighted by Crippen LogP contribution is -2.39. The maximum atomic E-state index is 11.9. The quantitative estimate of drug-likeness (QED) is 0.660. The van der Waals surface area contributed by atoms with E-state index in [1.807, 2.05) is 0 Å². The maximum Gasteiger partial charge on any atom is 0.401 e. The van der Waals surface area contributed by atoms with Gasteiger partial charge in [-0.1, -0.05) is 0 Å². The van der Waals surface area contributed by atoms with E-state index in [2.05, 4.69) is 0 Å². The summed E-state index contributed by atoms with van der Waals surface area (Å²) in [6, 6.07) is 0. The molecule has 0 aliphatic carbocycles. The molecule has 0 saturated carbocycles. The van der Waals surface area contributed by atoms with Crippen LogP contribution in [-0.4, -0.2) is 47.7 Å². The molecule has 0 atom stereocenters. The maximum absolute atomic E-state index is 11.9. The van der Waals surface area contributed by atoms with E-state index in [-0.39, 0.29) is 13.0 Å². The number of primary amides is 1. The Labute approximate surface area is 83.6 Å². The summed E-state index contributed by atoms with van der Waals surface area (Å²) < 4.78 is 35.8. The molecule has 0 radical (unpaired) electrons. The molecule has 8 heteroatoms. The lowest BCUT2D eigenvalue weighted by atomic mass is 10.3. The first kappa shape index (κ1) is 13.7. The number of carboxylic acid groups (broad SMARTS) is 1. The summed E-state index contributed by atoms with van der Waals surface area (Å²) in [7, 11) is 0. The largest absolute Gasteiger partial charge is 0.480 e. The number of rotatable bonds is 6. The Hall–Kier alpha value is -1.31. The standard InChI is InChI=1S/C7H11F3N2O3/c8-7(9,10)4-12(3-6(14)15)2-1-5(11)13/h1-4H2,(H2,11,13)(H,14,15). The van der Waals surface area contributed by atoms with Crippen molar-refractivity contribution in [2.24, 2.45) is 5.73 Å². The number of alkyl halides is 3. The molecular formula is C7H11F3N2O3. The molecule has 0 spiro atoms. The highest BCUT2D eigenvalue weighted by Crippen LogP contribution is 2.16. The van der Waals surface area contributed by atoms with Gasteiger partial charge in [0.15, 0.2) is 0 Å². The van der Waals surface area contributed by atoms with Crippen molar-refractivity contribution in [3.05, 3.63) is 0 Å². The van der Waals surface area contributed by atoms with Crippen LogP contribution < -0.4 is 5.73 Å². The number of carbonyl (C=O) groups is 2. The summed E-state index contributed by atoms with van der Waals surface area (Å²) in [5, 5.41) is 8.32. The molecule has 0 bridgehead atoms. The first-order chi connectivity index (χ1) is 6.70. The van der Waals surface area contributed by atoms with Crippen LogP contribution in [-0.2, 0) is 9.59 Å². The van der Waals surface area contributed by atoms with Crippen molar-refractivity contribution in [3.8, 4) is 0 Å². The van der Waals surface area contributed by atoms with Crippen LogP contribution in [0.3, 0.4) is 0 Å². The fraction of sp³-hybridized carbons (Fsp3) is 0.714. The smallest absolute Gasteiger partial charge is 0.401 e. The SMILES string of the molecule is NC(=O)CCN(CC(=O)O)CC(F)(F)F. The van der Waals surface area contributed by atoms with E-state index in [0.29, 0.717) is 4.90 Å². The summed E-state index contributed by atoms with van der Waals surface area (Å²) in [6.45, 7) is -2.46. The first-order valence-corrected chi connectivity index (χ1v) is 4.00. The van der Waals surface area contributed by atoms with Gasteiger partial charge in [-0.25, -0.2) is 0 Å². The van der Waals surface area contributed by atoms with Gasteiger partial charge in [-0.15, -0.1) is 0 Å². The highest BCUT2D eigenvalue weighted by Gasteiger charge is 2.31. The van der Waals surface area contributed by atoms with E-state index >= 15 is 0 Å². The van der Waals surface area contributed by atoms with Gasteiger partial charge in [0.25, 0.3) is 0 Å². The number of carbonyl (C=O) groups excluding carboxylic acids is 1. The van der Waals surface area contributed by atoms with Gasteiger partial charge in [-0.05, 0) is 0 Å². The molecule has 1 amide bonds. The van der Waals surface area contributed by atoms with E-state index in [1.54, 1.807) is 0 Å². The van der Waals surface area contributed by atoms with Gasteiger partial charge < -0.3 is 10.8 Å². The highest BCUT2D eigenvalue weighted by atomic mass is 19.4. The Morgan fingerprint density at radius 1 is 1.33 bits per heavy atom. The second-order valence-electron chi connectivity index (χ2n) is 2.94. The van der Waals surface area contributed by atoms with Crippen LogP contribution in [0.1, 0.15) is 6.42 Å². The molecule has 0 aromatic rings. The lowest BCUT2D eigenvalue weighted by molar-refractivity contribution is -0.154. The normalized spacial score (nSPS) is 11.7. The molecular weight excluding hydrogens is 217 g/mol. The van der Waals surface area contributed by atoms with E-state index in [4.69, 9.17) is 10.8 Å². The number of halogens is 3. The Morgan fingerprint density at radius 2 is 1.87 bits per heavy atom. The molecule has 0 unspecified atom stereocenters. The Kier molecular flexibility index (Phi) is 5.06. The zero-order chi connectivity index (χ0) is 12.1.